The third-order valence-corrected chi connectivity index (χ3v) is 4.35. The highest BCUT2D eigenvalue weighted by atomic mass is 16.2. The van der Waals surface area contributed by atoms with Gasteiger partial charge in [0.2, 0.25) is 5.91 Å². The minimum absolute atomic E-state index is 0.178. The lowest BCUT2D eigenvalue weighted by atomic mass is 9.95. The van der Waals surface area contributed by atoms with Crippen LogP contribution in [0, 0.1) is 6.92 Å². The van der Waals surface area contributed by atoms with Gasteiger partial charge < -0.3 is 5.32 Å². The molecular weight excluding hydrogens is 262 g/mol. The van der Waals surface area contributed by atoms with E-state index < -0.39 is 0 Å². The van der Waals surface area contributed by atoms with Crippen molar-refractivity contribution in [1.29, 1.82) is 0 Å². The van der Waals surface area contributed by atoms with Crippen LogP contribution in [0.15, 0.2) is 36.5 Å². The van der Waals surface area contributed by atoms with Crippen molar-refractivity contribution in [3.05, 3.63) is 53.3 Å². The maximum absolute atomic E-state index is 12.4. The quantitative estimate of drug-likeness (QED) is 0.800. The van der Waals surface area contributed by atoms with Gasteiger partial charge in [-0.1, -0.05) is 30.3 Å². The lowest BCUT2D eigenvalue weighted by Gasteiger charge is -2.15. The average molecular weight is 283 g/mol. The van der Waals surface area contributed by atoms with Crippen molar-refractivity contribution in [3.63, 3.8) is 0 Å². The van der Waals surface area contributed by atoms with E-state index in [2.05, 4.69) is 27.6 Å². The molecule has 0 saturated heterocycles. The molecule has 1 aromatic carbocycles. The summed E-state index contributed by atoms with van der Waals surface area (Å²) in [5.74, 6) is 0.178. The fourth-order valence-corrected chi connectivity index (χ4v) is 2.81. The number of carbonyl (C=O) groups is 1. The molecule has 1 saturated carbocycles. The standard InChI is InChI=1S/C17H21N3O/c1-13-14(12-19-20-13)6-5-11-18-16(21)17(9-10-17)15-7-3-2-4-8-15/h2-4,7-8,12H,5-6,9-11H2,1H3,(H,18,21)(H,19,20). The highest BCUT2D eigenvalue weighted by Crippen LogP contribution is 2.48. The number of rotatable bonds is 6. The Morgan fingerprint density at radius 1 is 1.33 bits per heavy atom. The summed E-state index contributed by atoms with van der Waals surface area (Å²) >= 11 is 0. The number of aromatic nitrogens is 2. The number of hydrogen-bond acceptors (Lipinski definition) is 2. The molecule has 3 rings (SSSR count). The molecule has 0 aliphatic heterocycles. The van der Waals surface area contributed by atoms with Crippen LogP contribution in [-0.4, -0.2) is 22.6 Å². The Kier molecular flexibility index (Phi) is 3.78. The number of hydrogen-bond donors (Lipinski definition) is 2. The molecule has 0 atom stereocenters. The van der Waals surface area contributed by atoms with Crippen molar-refractivity contribution in [2.24, 2.45) is 0 Å². The van der Waals surface area contributed by atoms with Crippen LogP contribution < -0.4 is 5.32 Å². The fourth-order valence-electron chi connectivity index (χ4n) is 2.81. The molecule has 2 N–H and O–H groups in total. The van der Waals surface area contributed by atoms with Crippen LogP contribution in [0.2, 0.25) is 0 Å². The molecule has 1 aliphatic rings. The van der Waals surface area contributed by atoms with Gasteiger partial charge >= 0.3 is 0 Å². The van der Waals surface area contributed by atoms with E-state index in [-0.39, 0.29) is 11.3 Å². The van der Waals surface area contributed by atoms with Crippen LogP contribution in [0.25, 0.3) is 0 Å². The van der Waals surface area contributed by atoms with Crippen LogP contribution >= 0.6 is 0 Å². The summed E-state index contributed by atoms with van der Waals surface area (Å²) < 4.78 is 0. The van der Waals surface area contributed by atoms with Crippen LogP contribution in [0.4, 0.5) is 0 Å². The largest absolute Gasteiger partial charge is 0.355 e. The first-order chi connectivity index (χ1) is 10.2. The Morgan fingerprint density at radius 3 is 2.71 bits per heavy atom. The van der Waals surface area contributed by atoms with E-state index in [1.807, 2.05) is 31.3 Å². The second-order valence-electron chi connectivity index (χ2n) is 5.83. The molecule has 0 spiro atoms. The van der Waals surface area contributed by atoms with Crippen molar-refractivity contribution < 1.29 is 4.79 Å². The summed E-state index contributed by atoms with van der Waals surface area (Å²) in [5, 5.41) is 10.0. The molecule has 4 nitrogen and oxygen atoms in total. The van der Waals surface area contributed by atoms with Gasteiger partial charge in [-0.15, -0.1) is 0 Å². The van der Waals surface area contributed by atoms with Gasteiger partial charge in [0, 0.05) is 12.2 Å². The summed E-state index contributed by atoms with van der Waals surface area (Å²) in [6.07, 6.45) is 5.68. The Morgan fingerprint density at radius 2 is 2.10 bits per heavy atom. The van der Waals surface area contributed by atoms with Gasteiger partial charge in [0.1, 0.15) is 0 Å². The number of aryl methyl sites for hydroxylation is 2. The molecule has 110 valence electrons. The second kappa shape index (κ2) is 5.72. The third-order valence-electron chi connectivity index (χ3n) is 4.35. The van der Waals surface area contributed by atoms with Crippen LogP contribution in [-0.2, 0) is 16.6 Å². The zero-order valence-corrected chi connectivity index (χ0v) is 12.4. The number of carbonyl (C=O) groups excluding carboxylic acids is 1. The zero-order valence-electron chi connectivity index (χ0n) is 12.4. The molecular formula is C17H21N3O. The average Bonchev–Trinajstić information content (AvgIpc) is 3.23. The first-order valence-corrected chi connectivity index (χ1v) is 7.55. The van der Waals surface area contributed by atoms with Crippen molar-refractivity contribution in [3.8, 4) is 0 Å². The minimum Gasteiger partial charge on any atom is -0.355 e. The monoisotopic (exact) mass is 283 g/mol. The molecule has 1 aromatic heterocycles. The number of nitrogens with one attached hydrogen (secondary N) is 2. The fraction of sp³-hybridized carbons (Fsp3) is 0.412. The SMILES string of the molecule is Cc1[nH]ncc1CCCNC(=O)C1(c2ccccc2)CC1. The predicted octanol–water partition coefficient (Wildman–Crippen LogP) is 2.50. The highest BCUT2D eigenvalue weighted by molar-refractivity contribution is 5.91. The lowest BCUT2D eigenvalue weighted by Crippen LogP contribution is -2.35. The number of nitrogens with zero attached hydrogens (tertiary/aromatic N) is 1. The van der Waals surface area contributed by atoms with Crippen molar-refractivity contribution >= 4 is 5.91 Å². The van der Waals surface area contributed by atoms with Crippen molar-refractivity contribution in [1.82, 2.24) is 15.5 Å². The molecule has 0 bridgehead atoms. The Bertz CT molecular complexity index is 614. The first-order valence-electron chi connectivity index (χ1n) is 7.55. The molecule has 2 aromatic rings. The van der Waals surface area contributed by atoms with Crippen LogP contribution in [0.3, 0.4) is 0 Å². The molecule has 0 unspecified atom stereocenters. The van der Waals surface area contributed by atoms with Gasteiger partial charge in [0.25, 0.3) is 0 Å². The zero-order chi connectivity index (χ0) is 14.7. The van der Waals surface area contributed by atoms with Gasteiger partial charge in [-0.3, -0.25) is 9.89 Å². The summed E-state index contributed by atoms with van der Waals surface area (Å²) in [5.41, 5.74) is 3.23. The normalized spacial score (nSPS) is 15.7. The van der Waals surface area contributed by atoms with E-state index in [1.165, 1.54) is 5.56 Å². The van der Waals surface area contributed by atoms with E-state index >= 15 is 0 Å². The maximum Gasteiger partial charge on any atom is 0.230 e. The third kappa shape index (κ3) is 2.84. The Balaban J connectivity index is 1.50. The molecule has 21 heavy (non-hydrogen) atoms. The smallest absolute Gasteiger partial charge is 0.230 e. The van der Waals surface area contributed by atoms with E-state index in [0.29, 0.717) is 0 Å². The lowest BCUT2D eigenvalue weighted by molar-refractivity contribution is -0.123. The molecule has 1 fully saturated rings. The van der Waals surface area contributed by atoms with Gasteiger partial charge in [-0.25, -0.2) is 0 Å². The number of amides is 1. The summed E-state index contributed by atoms with van der Waals surface area (Å²) in [6.45, 7) is 2.74. The van der Waals surface area contributed by atoms with Gasteiger partial charge in [-0.05, 0) is 43.7 Å². The molecule has 4 heteroatoms. The maximum atomic E-state index is 12.4. The number of aromatic amines is 1. The summed E-state index contributed by atoms with van der Waals surface area (Å²) in [6, 6.07) is 10.1. The van der Waals surface area contributed by atoms with Gasteiger partial charge in [0.15, 0.2) is 0 Å². The molecule has 1 amide bonds. The van der Waals surface area contributed by atoms with E-state index in [4.69, 9.17) is 0 Å². The van der Waals surface area contributed by atoms with E-state index in [9.17, 15) is 4.79 Å². The first kappa shape index (κ1) is 13.9. The van der Waals surface area contributed by atoms with Crippen LogP contribution in [0.1, 0.15) is 36.1 Å². The Hall–Kier alpha value is -2.10. The van der Waals surface area contributed by atoms with Crippen molar-refractivity contribution in [2.45, 2.75) is 38.0 Å². The number of H-pyrrole nitrogens is 1. The summed E-state index contributed by atoms with van der Waals surface area (Å²) in [7, 11) is 0. The highest BCUT2D eigenvalue weighted by Gasteiger charge is 2.50. The number of benzene rings is 1. The molecule has 1 heterocycles. The Labute approximate surface area is 125 Å². The minimum atomic E-state index is -0.257. The molecule has 0 radical (unpaired) electrons. The predicted molar refractivity (Wildman–Crippen MR) is 82.0 cm³/mol. The summed E-state index contributed by atoms with van der Waals surface area (Å²) in [4.78, 5) is 12.4. The van der Waals surface area contributed by atoms with Gasteiger partial charge in [0.05, 0.1) is 11.6 Å². The van der Waals surface area contributed by atoms with E-state index in [1.54, 1.807) is 0 Å². The van der Waals surface area contributed by atoms with E-state index in [0.717, 1.165) is 43.5 Å². The molecule has 1 aliphatic carbocycles. The van der Waals surface area contributed by atoms with Crippen molar-refractivity contribution in [2.75, 3.05) is 6.54 Å². The van der Waals surface area contributed by atoms with Gasteiger partial charge in [-0.2, -0.15) is 5.10 Å². The van der Waals surface area contributed by atoms with Crippen LogP contribution in [0.5, 0.6) is 0 Å². The topological polar surface area (TPSA) is 57.8 Å². The second-order valence-corrected chi connectivity index (χ2v) is 5.83.